The minimum atomic E-state index is -0.937. The number of nitrogens with zero attached hydrogens (tertiary/aromatic N) is 1. The van der Waals surface area contributed by atoms with Crippen molar-refractivity contribution in [2.75, 3.05) is 13.6 Å². The van der Waals surface area contributed by atoms with Gasteiger partial charge in [-0.1, -0.05) is 34.6 Å². The van der Waals surface area contributed by atoms with E-state index < -0.39 is 11.4 Å². The Kier molecular flexibility index (Phi) is 5.17. The average molecular weight is 243 g/mol. The predicted molar refractivity (Wildman–Crippen MR) is 67.7 cm³/mol. The fourth-order valence-corrected chi connectivity index (χ4v) is 1.58. The molecule has 0 radical (unpaired) electrons. The molecule has 1 amide bonds. The summed E-state index contributed by atoms with van der Waals surface area (Å²) in [6.07, 6.45) is 0.768. The maximum atomic E-state index is 12.1. The van der Waals surface area contributed by atoms with E-state index in [-0.39, 0.29) is 17.7 Å². The Hall–Kier alpha value is -1.06. The second-order valence-electron chi connectivity index (χ2n) is 6.49. The minimum absolute atomic E-state index is 0.107. The third-order valence-corrected chi connectivity index (χ3v) is 2.72. The van der Waals surface area contributed by atoms with Crippen molar-refractivity contribution in [1.82, 2.24) is 4.90 Å². The molecule has 0 heterocycles. The minimum Gasteiger partial charge on any atom is -0.481 e. The van der Waals surface area contributed by atoms with Crippen molar-refractivity contribution in [1.29, 1.82) is 0 Å². The molecule has 0 unspecified atom stereocenters. The van der Waals surface area contributed by atoms with Gasteiger partial charge < -0.3 is 10.0 Å². The molecule has 0 aromatic rings. The lowest BCUT2D eigenvalue weighted by atomic mass is 9.87. The molecule has 100 valence electrons. The van der Waals surface area contributed by atoms with Crippen LogP contribution in [0.4, 0.5) is 0 Å². The van der Waals surface area contributed by atoms with Gasteiger partial charge in [0.15, 0.2) is 0 Å². The highest BCUT2D eigenvalue weighted by Crippen LogP contribution is 2.25. The van der Waals surface area contributed by atoms with Gasteiger partial charge in [-0.3, -0.25) is 9.59 Å². The summed E-state index contributed by atoms with van der Waals surface area (Å²) in [5.41, 5.74) is -0.663. The topological polar surface area (TPSA) is 57.6 Å². The van der Waals surface area contributed by atoms with E-state index in [0.717, 1.165) is 6.42 Å². The lowest BCUT2D eigenvalue weighted by molar-refractivity contribution is -0.148. The number of hydrogen-bond acceptors (Lipinski definition) is 2. The summed E-state index contributed by atoms with van der Waals surface area (Å²) < 4.78 is 0. The molecule has 17 heavy (non-hydrogen) atoms. The molecule has 0 aromatic carbocycles. The third-order valence-electron chi connectivity index (χ3n) is 2.72. The fraction of sp³-hybridized carbons (Fsp3) is 0.846. The van der Waals surface area contributed by atoms with Gasteiger partial charge in [0.05, 0.1) is 11.8 Å². The summed E-state index contributed by atoms with van der Waals surface area (Å²) in [7, 11) is 1.73. The van der Waals surface area contributed by atoms with Crippen LogP contribution in [0.1, 0.15) is 47.5 Å². The van der Waals surface area contributed by atoms with Crippen molar-refractivity contribution < 1.29 is 14.7 Å². The molecule has 0 aliphatic heterocycles. The van der Waals surface area contributed by atoms with Gasteiger partial charge >= 0.3 is 5.97 Å². The van der Waals surface area contributed by atoms with E-state index in [1.165, 1.54) is 0 Å². The Morgan fingerprint density at radius 1 is 1.12 bits per heavy atom. The molecular formula is C13H25NO3. The Morgan fingerprint density at radius 3 is 1.94 bits per heavy atom. The molecule has 0 aromatic heterocycles. The molecule has 0 bridgehead atoms. The summed E-state index contributed by atoms with van der Waals surface area (Å²) in [4.78, 5) is 24.4. The van der Waals surface area contributed by atoms with Crippen molar-refractivity contribution in [3.63, 3.8) is 0 Å². The van der Waals surface area contributed by atoms with E-state index in [9.17, 15) is 9.59 Å². The molecule has 4 nitrogen and oxygen atoms in total. The first kappa shape index (κ1) is 15.9. The number of rotatable bonds is 5. The highest BCUT2D eigenvalue weighted by molar-refractivity contribution is 5.86. The zero-order chi connectivity index (χ0) is 13.9. The van der Waals surface area contributed by atoms with Crippen LogP contribution in [0.25, 0.3) is 0 Å². The van der Waals surface area contributed by atoms with Crippen LogP contribution in [-0.2, 0) is 9.59 Å². The average Bonchev–Trinajstić information content (AvgIpc) is 2.09. The number of carbonyl (C=O) groups excluding carboxylic acids is 1. The maximum Gasteiger partial charge on any atom is 0.304 e. The van der Waals surface area contributed by atoms with E-state index in [2.05, 4.69) is 20.8 Å². The van der Waals surface area contributed by atoms with Crippen LogP contribution in [0, 0.1) is 10.8 Å². The van der Waals surface area contributed by atoms with Crippen LogP contribution in [0.5, 0.6) is 0 Å². The zero-order valence-electron chi connectivity index (χ0n) is 11.8. The summed E-state index contributed by atoms with van der Waals surface area (Å²) in [6, 6.07) is 0. The van der Waals surface area contributed by atoms with Gasteiger partial charge in [-0.15, -0.1) is 0 Å². The van der Waals surface area contributed by atoms with Crippen LogP contribution in [0.3, 0.4) is 0 Å². The second kappa shape index (κ2) is 5.52. The van der Waals surface area contributed by atoms with Gasteiger partial charge in [-0.05, 0) is 11.8 Å². The smallest absolute Gasteiger partial charge is 0.304 e. The standard InChI is InChI=1S/C13H25NO3/c1-12(2,3)7-8-14(6)11(17)13(4,5)9-10(15)16/h7-9H2,1-6H3,(H,15,16). The van der Waals surface area contributed by atoms with Gasteiger partial charge in [-0.25, -0.2) is 0 Å². The molecule has 4 heteroatoms. The molecule has 1 N–H and O–H groups in total. The zero-order valence-corrected chi connectivity index (χ0v) is 11.8. The molecule has 0 atom stereocenters. The molecule has 0 saturated heterocycles. The molecular weight excluding hydrogens is 218 g/mol. The predicted octanol–water partition coefficient (Wildman–Crippen LogP) is 2.38. The van der Waals surface area contributed by atoms with Crippen molar-refractivity contribution in [3.05, 3.63) is 0 Å². The van der Waals surface area contributed by atoms with Crippen LogP contribution in [0.15, 0.2) is 0 Å². The highest BCUT2D eigenvalue weighted by atomic mass is 16.4. The van der Waals surface area contributed by atoms with E-state index in [4.69, 9.17) is 5.11 Å². The first-order valence-corrected chi connectivity index (χ1v) is 5.93. The second-order valence-corrected chi connectivity index (χ2v) is 6.49. The number of carbonyl (C=O) groups is 2. The molecule has 0 aliphatic rings. The van der Waals surface area contributed by atoms with Crippen LogP contribution in [-0.4, -0.2) is 35.5 Å². The summed E-state index contributed by atoms with van der Waals surface area (Å²) in [6.45, 7) is 10.4. The summed E-state index contributed by atoms with van der Waals surface area (Å²) in [5.74, 6) is -1.04. The molecule has 0 fully saturated rings. The Bertz CT molecular complexity index is 290. The van der Waals surface area contributed by atoms with E-state index >= 15 is 0 Å². The SMILES string of the molecule is CN(CCC(C)(C)C)C(=O)C(C)(C)CC(=O)O. The molecule has 0 aliphatic carbocycles. The van der Waals surface area contributed by atoms with Crippen LogP contribution >= 0.6 is 0 Å². The largest absolute Gasteiger partial charge is 0.481 e. The fourth-order valence-electron chi connectivity index (χ4n) is 1.58. The third kappa shape index (κ3) is 6.29. The number of amides is 1. The van der Waals surface area contributed by atoms with Gasteiger partial charge in [0.1, 0.15) is 0 Å². The number of carboxylic acids is 1. The number of aliphatic carboxylic acids is 1. The lowest BCUT2D eigenvalue weighted by Crippen LogP contribution is -2.40. The van der Waals surface area contributed by atoms with Gasteiger partial charge in [0.25, 0.3) is 0 Å². The molecule has 0 saturated carbocycles. The van der Waals surface area contributed by atoms with Crippen molar-refractivity contribution in [2.45, 2.75) is 47.5 Å². The Labute approximate surface area is 104 Å². The number of carboxylic acid groups (broad SMARTS) is 1. The molecule has 0 rings (SSSR count). The maximum absolute atomic E-state index is 12.1. The Morgan fingerprint density at radius 2 is 1.59 bits per heavy atom. The summed E-state index contributed by atoms with van der Waals surface area (Å²) >= 11 is 0. The van der Waals surface area contributed by atoms with Crippen LogP contribution in [0.2, 0.25) is 0 Å². The van der Waals surface area contributed by atoms with E-state index in [1.54, 1.807) is 25.8 Å². The van der Waals surface area contributed by atoms with Crippen molar-refractivity contribution in [2.24, 2.45) is 10.8 Å². The Balaban J connectivity index is 4.44. The lowest BCUT2D eigenvalue weighted by Gasteiger charge is -2.30. The quantitative estimate of drug-likeness (QED) is 0.806. The summed E-state index contributed by atoms with van der Waals surface area (Å²) in [5, 5.41) is 8.77. The monoisotopic (exact) mass is 243 g/mol. The number of hydrogen-bond donors (Lipinski definition) is 1. The first-order chi connectivity index (χ1) is 7.46. The molecule has 0 spiro atoms. The van der Waals surface area contributed by atoms with Crippen molar-refractivity contribution >= 4 is 11.9 Å². The van der Waals surface area contributed by atoms with Gasteiger partial charge in [0, 0.05) is 13.6 Å². The van der Waals surface area contributed by atoms with Crippen molar-refractivity contribution in [3.8, 4) is 0 Å². The highest BCUT2D eigenvalue weighted by Gasteiger charge is 2.33. The normalized spacial score (nSPS) is 12.4. The first-order valence-electron chi connectivity index (χ1n) is 5.93. The van der Waals surface area contributed by atoms with E-state index in [0.29, 0.717) is 6.54 Å². The van der Waals surface area contributed by atoms with Gasteiger partial charge in [-0.2, -0.15) is 0 Å². The van der Waals surface area contributed by atoms with E-state index in [1.807, 2.05) is 0 Å². The van der Waals surface area contributed by atoms with Gasteiger partial charge in [0.2, 0.25) is 5.91 Å². The van der Waals surface area contributed by atoms with Crippen LogP contribution < -0.4 is 0 Å².